The average Bonchev–Trinajstić information content (AvgIpc) is 2.83. The van der Waals surface area contributed by atoms with Gasteiger partial charge in [-0.25, -0.2) is 18.2 Å². The molecule has 1 aliphatic rings. The summed E-state index contributed by atoms with van der Waals surface area (Å²) in [5, 5.41) is 24.1. The molecule has 0 spiro atoms. The van der Waals surface area contributed by atoms with Gasteiger partial charge < -0.3 is 21.3 Å². The minimum atomic E-state index is -1.20. The third-order valence-corrected chi connectivity index (χ3v) is 7.11. The number of hydrogen-bond acceptors (Lipinski definition) is 6. The Morgan fingerprint density at radius 1 is 1.19 bits per heavy atom. The van der Waals surface area contributed by atoms with Crippen LogP contribution in [0.15, 0.2) is 42.7 Å². The molecule has 0 bridgehead atoms. The maximum absolute atomic E-state index is 14.6. The van der Waals surface area contributed by atoms with E-state index in [0.29, 0.717) is 24.1 Å². The number of benzene rings is 1. The highest BCUT2D eigenvalue weighted by atomic mass is 19.1. The van der Waals surface area contributed by atoms with Crippen LogP contribution in [0.3, 0.4) is 0 Å². The van der Waals surface area contributed by atoms with Crippen LogP contribution in [0.5, 0.6) is 0 Å². The first-order valence-electron chi connectivity index (χ1n) is 11.6. The molecule has 0 aliphatic heterocycles. The zero-order valence-corrected chi connectivity index (χ0v) is 19.8. The lowest BCUT2D eigenvalue weighted by molar-refractivity contribution is -0.138. The van der Waals surface area contributed by atoms with Gasteiger partial charge in [-0.3, -0.25) is 9.78 Å². The molecule has 5 N–H and O–H groups in total. The summed E-state index contributed by atoms with van der Waals surface area (Å²) in [7, 11) is 0. The van der Waals surface area contributed by atoms with Crippen molar-refractivity contribution in [2.45, 2.75) is 50.7 Å². The molecule has 0 radical (unpaired) electrons. The van der Waals surface area contributed by atoms with Crippen molar-refractivity contribution in [2.24, 2.45) is 5.92 Å². The quantitative estimate of drug-likeness (QED) is 0.412. The van der Waals surface area contributed by atoms with Gasteiger partial charge in [0.25, 0.3) is 5.91 Å². The number of aliphatic hydroxyl groups excluding tert-OH is 1. The fourth-order valence-electron chi connectivity index (χ4n) is 5.00. The van der Waals surface area contributed by atoms with Gasteiger partial charge in [0.1, 0.15) is 17.3 Å². The van der Waals surface area contributed by atoms with Crippen LogP contribution in [-0.2, 0) is 0 Å². The minimum absolute atomic E-state index is 0.193. The SMILES string of the molecule is CC[C@]1(O)[C@H](O)C[C@H](c2ccncc2NC(=O)c2nc(-c3c(F)cccc3F)c(F)cc2N)C[C@@H]1C. The van der Waals surface area contributed by atoms with Gasteiger partial charge in [0.2, 0.25) is 0 Å². The second-order valence-corrected chi connectivity index (χ2v) is 9.20. The summed E-state index contributed by atoms with van der Waals surface area (Å²) in [6, 6.07) is 5.54. The van der Waals surface area contributed by atoms with Gasteiger partial charge >= 0.3 is 0 Å². The molecule has 10 heteroatoms. The molecule has 2 heterocycles. The molecule has 4 rings (SSSR count). The largest absolute Gasteiger partial charge is 0.397 e. The highest BCUT2D eigenvalue weighted by Gasteiger charge is 2.45. The summed E-state index contributed by atoms with van der Waals surface area (Å²) < 4.78 is 43.1. The lowest BCUT2D eigenvalue weighted by atomic mass is 9.67. The second-order valence-electron chi connectivity index (χ2n) is 9.20. The fourth-order valence-corrected chi connectivity index (χ4v) is 5.00. The van der Waals surface area contributed by atoms with E-state index in [1.165, 1.54) is 6.20 Å². The Morgan fingerprint density at radius 3 is 2.53 bits per heavy atom. The number of nitrogens with one attached hydrogen (secondary N) is 1. The van der Waals surface area contributed by atoms with Crippen LogP contribution in [0.25, 0.3) is 11.3 Å². The number of nitrogen functional groups attached to an aromatic ring is 1. The van der Waals surface area contributed by atoms with E-state index >= 15 is 0 Å². The molecule has 36 heavy (non-hydrogen) atoms. The summed E-state index contributed by atoms with van der Waals surface area (Å²) in [4.78, 5) is 21.1. The van der Waals surface area contributed by atoms with Crippen molar-refractivity contribution >= 4 is 17.3 Å². The maximum Gasteiger partial charge on any atom is 0.276 e. The lowest BCUT2D eigenvalue weighted by Crippen LogP contribution is -2.51. The highest BCUT2D eigenvalue weighted by Crippen LogP contribution is 2.45. The van der Waals surface area contributed by atoms with Crippen molar-refractivity contribution in [3.05, 3.63) is 71.4 Å². The van der Waals surface area contributed by atoms with E-state index in [1.54, 1.807) is 12.3 Å². The summed E-state index contributed by atoms with van der Waals surface area (Å²) in [6.07, 6.45) is 3.24. The number of pyridine rings is 2. The zero-order valence-electron chi connectivity index (χ0n) is 19.8. The second kappa shape index (κ2) is 9.87. The molecular formula is C26H27F3N4O3. The smallest absolute Gasteiger partial charge is 0.276 e. The van der Waals surface area contributed by atoms with Gasteiger partial charge in [0, 0.05) is 12.3 Å². The van der Waals surface area contributed by atoms with Crippen molar-refractivity contribution in [1.29, 1.82) is 0 Å². The molecule has 7 nitrogen and oxygen atoms in total. The van der Waals surface area contributed by atoms with Gasteiger partial charge in [-0.05, 0) is 54.9 Å². The molecule has 1 saturated carbocycles. The first-order valence-corrected chi connectivity index (χ1v) is 11.6. The van der Waals surface area contributed by atoms with Crippen LogP contribution in [0, 0.1) is 23.4 Å². The van der Waals surface area contributed by atoms with E-state index in [4.69, 9.17) is 5.73 Å². The molecule has 3 aromatic rings. The molecule has 4 atom stereocenters. The van der Waals surface area contributed by atoms with Crippen LogP contribution in [0.1, 0.15) is 55.1 Å². The molecule has 1 aromatic carbocycles. The minimum Gasteiger partial charge on any atom is -0.397 e. The van der Waals surface area contributed by atoms with Crippen molar-refractivity contribution in [2.75, 3.05) is 11.1 Å². The number of amides is 1. The number of rotatable bonds is 5. The first kappa shape index (κ1) is 25.6. The number of carbonyl (C=O) groups is 1. The van der Waals surface area contributed by atoms with Gasteiger partial charge in [-0.15, -0.1) is 0 Å². The Hall–Kier alpha value is -3.50. The maximum atomic E-state index is 14.6. The number of aromatic nitrogens is 2. The molecule has 0 unspecified atom stereocenters. The van der Waals surface area contributed by atoms with Crippen LogP contribution in [-0.4, -0.2) is 37.8 Å². The predicted octanol–water partition coefficient (Wildman–Crippen LogP) is 4.41. The van der Waals surface area contributed by atoms with Crippen LogP contribution < -0.4 is 11.1 Å². The number of anilines is 2. The third-order valence-electron chi connectivity index (χ3n) is 7.11. The molecule has 0 saturated heterocycles. The number of carbonyl (C=O) groups excluding carboxylic acids is 1. The molecular weight excluding hydrogens is 473 g/mol. The standard InChI is InChI=1S/C26H27F3N4O3/c1-3-26(36)13(2)9-14(10-21(26)34)15-7-8-31-12-20(15)32-25(35)24-19(30)11-18(29)23(33-24)22-16(27)5-4-6-17(22)28/h4-8,11-14,21,34,36H,3,9-10,30H2,1-2H3,(H,32,35)/t13-,14+,21+,26+/m0/s1. The average molecular weight is 501 g/mol. The number of nitrogens with two attached hydrogens (primary N) is 1. The van der Waals surface area contributed by atoms with E-state index in [2.05, 4.69) is 15.3 Å². The summed E-state index contributed by atoms with van der Waals surface area (Å²) >= 11 is 0. The van der Waals surface area contributed by atoms with Gasteiger partial charge in [-0.2, -0.15) is 0 Å². The Labute approximate surface area is 206 Å². The van der Waals surface area contributed by atoms with E-state index in [0.717, 1.165) is 24.3 Å². The summed E-state index contributed by atoms with van der Waals surface area (Å²) in [6.45, 7) is 3.69. The highest BCUT2D eigenvalue weighted by molar-refractivity contribution is 6.07. The topological polar surface area (TPSA) is 121 Å². The predicted molar refractivity (Wildman–Crippen MR) is 129 cm³/mol. The van der Waals surface area contributed by atoms with E-state index < -0.39 is 52.0 Å². The van der Waals surface area contributed by atoms with Gasteiger partial charge in [-0.1, -0.05) is 19.9 Å². The number of halogens is 3. The van der Waals surface area contributed by atoms with Gasteiger partial charge in [0.15, 0.2) is 11.5 Å². The Kier molecular flexibility index (Phi) is 7.01. The Morgan fingerprint density at radius 2 is 1.89 bits per heavy atom. The van der Waals surface area contributed by atoms with E-state index in [-0.39, 0.29) is 23.9 Å². The molecule has 1 aliphatic carbocycles. The number of hydrogen-bond donors (Lipinski definition) is 4. The first-order chi connectivity index (χ1) is 17.1. The summed E-state index contributed by atoms with van der Waals surface area (Å²) in [5.74, 6) is -4.38. The number of nitrogens with zero attached hydrogens (tertiary/aromatic N) is 2. The monoisotopic (exact) mass is 500 g/mol. The van der Waals surface area contributed by atoms with Crippen molar-refractivity contribution in [3.8, 4) is 11.3 Å². The Balaban J connectivity index is 1.66. The Bertz CT molecular complexity index is 1270. The molecule has 1 amide bonds. The fraction of sp³-hybridized carbons (Fsp3) is 0.346. The van der Waals surface area contributed by atoms with Crippen molar-refractivity contribution < 1.29 is 28.2 Å². The van der Waals surface area contributed by atoms with Crippen LogP contribution in [0.4, 0.5) is 24.5 Å². The zero-order chi connectivity index (χ0) is 26.2. The molecule has 1 fully saturated rings. The summed E-state index contributed by atoms with van der Waals surface area (Å²) in [5.41, 5.74) is 3.52. The molecule has 2 aromatic heterocycles. The van der Waals surface area contributed by atoms with Crippen molar-refractivity contribution in [3.63, 3.8) is 0 Å². The number of aliphatic hydroxyl groups is 2. The van der Waals surface area contributed by atoms with Crippen LogP contribution >= 0.6 is 0 Å². The normalized spacial score (nSPS) is 23.9. The van der Waals surface area contributed by atoms with E-state index in [1.807, 2.05) is 13.8 Å². The van der Waals surface area contributed by atoms with Crippen LogP contribution in [0.2, 0.25) is 0 Å². The third kappa shape index (κ3) is 4.54. The van der Waals surface area contributed by atoms with E-state index in [9.17, 15) is 28.2 Å². The van der Waals surface area contributed by atoms with Crippen molar-refractivity contribution in [1.82, 2.24) is 9.97 Å². The lowest BCUT2D eigenvalue weighted by Gasteiger charge is -2.45. The molecule has 190 valence electrons. The van der Waals surface area contributed by atoms with Gasteiger partial charge in [0.05, 0.1) is 34.8 Å².